The van der Waals surface area contributed by atoms with Gasteiger partial charge in [0.2, 0.25) is 0 Å². The van der Waals surface area contributed by atoms with Crippen LogP contribution in [0.25, 0.3) is 0 Å². The summed E-state index contributed by atoms with van der Waals surface area (Å²) in [5.41, 5.74) is 3.15. The number of nitro groups is 2. The van der Waals surface area contributed by atoms with E-state index in [0.717, 1.165) is 16.7 Å². The van der Waals surface area contributed by atoms with Crippen LogP contribution in [0.1, 0.15) is 27.8 Å². The number of rotatable bonds is 12. The smallest absolute Gasteiger partial charge is 0.311 e. The molecule has 39 heavy (non-hydrogen) atoms. The molecule has 10 heteroatoms. The third-order valence-corrected chi connectivity index (χ3v) is 5.89. The van der Waals surface area contributed by atoms with Gasteiger partial charge >= 0.3 is 11.4 Å². The van der Waals surface area contributed by atoms with Gasteiger partial charge in [-0.05, 0) is 59.0 Å². The molecule has 0 amide bonds. The quantitative estimate of drug-likeness (QED) is 0.173. The first-order chi connectivity index (χ1) is 18.8. The van der Waals surface area contributed by atoms with Gasteiger partial charge in [-0.15, -0.1) is 0 Å². The van der Waals surface area contributed by atoms with Crippen molar-refractivity contribution in [3.8, 4) is 17.2 Å². The van der Waals surface area contributed by atoms with Crippen molar-refractivity contribution >= 4 is 11.4 Å². The van der Waals surface area contributed by atoms with Gasteiger partial charge in [0.05, 0.1) is 16.5 Å². The fraction of sp³-hybridized carbons (Fsp3) is 0.172. The highest BCUT2D eigenvalue weighted by atomic mass is 16.6. The van der Waals surface area contributed by atoms with Gasteiger partial charge in [-0.25, -0.2) is 0 Å². The molecule has 0 radical (unpaired) electrons. The Morgan fingerprint density at radius 3 is 1.62 bits per heavy atom. The van der Waals surface area contributed by atoms with Gasteiger partial charge in [0.25, 0.3) is 0 Å². The fourth-order valence-corrected chi connectivity index (χ4v) is 3.86. The van der Waals surface area contributed by atoms with E-state index in [-0.39, 0.29) is 49.3 Å². The summed E-state index contributed by atoms with van der Waals surface area (Å²) in [6, 6.07) is 23.8. The molecule has 4 aromatic rings. The van der Waals surface area contributed by atoms with Crippen molar-refractivity contribution < 1.29 is 29.2 Å². The first-order valence-electron chi connectivity index (χ1n) is 12.0. The van der Waals surface area contributed by atoms with Gasteiger partial charge < -0.3 is 19.3 Å². The Bertz CT molecular complexity index is 1470. The second-order valence-corrected chi connectivity index (χ2v) is 8.73. The number of hydrogen-bond donors (Lipinski definition) is 1. The highest BCUT2D eigenvalue weighted by molar-refractivity contribution is 5.50. The van der Waals surface area contributed by atoms with E-state index >= 15 is 0 Å². The average Bonchev–Trinajstić information content (AvgIpc) is 2.95. The number of benzene rings is 4. The Balaban J connectivity index is 1.38. The maximum atomic E-state index is 11.6. The molecule has 0 saturated carbocycles. The summed E-state index contributed by atoms with van der Waals surface area (Å²) in [6.45, 7) is 1.96. The van der Waals surface area contributed by atoms with Crippen molar-refractivity contribution in [2.24, 2.45) is 0 Å². The first-order valence-corrected chi connectivity index (χ1v) is 12.0. The highest BCUT2D eigenvalue weighted by Gasteiger charge is 2.18. The molecule has 0 aliphatic carbocycles. The van der Waals surface area contributed by atoms with E-state index in [0.29, 0.717) is 16.9 Å². The molecular weight excluding hydrogens is 504 g/mol. The van der Waals surface area contributed by atoms with Crippen LogP contribution in [-0.2, 0) is 26.4 Å². The third kappa shape index (κ3) is 7.08. The topological polar surface area (TPSA) is 134 Å². The van der Waals surface area contributed by atoms with Gasteiger partial charge in [-0.1, -0.05) is 48.5 Å². The summed E-state index contributed by atoms with van der Waals surface area (Å²) in [5.74, 6) is 0.872. The minimum absolute atomic E-state index is 0.0943. The predicted molar refractivity (Wildman–Crippen MR) is 143 cm³/mol. The molecule has 0 aliphatic heterocycles. The Hall–Kier alpha value is -4.96. The Labute approximate surface area is 224 Å². The Morgan fingerprint density at radius 1 is 0.615 bits per heavy atom. The van der Waals surface area contributed by atoms with Gasteiger partial charge in [0, 0.05) is 12.1 Å². The van der Waals surface area contributed by atoms with E-state index in [4.69, 9.17) is 14.2 Å². The summed E-state index contributed by atoms with van der Waals surface area (Å²) in [7, 11) is 0. The number of nitrogens with zero attached hydrogens (tertiary/aromatic N) is 2. The summed E-state index contributed by atoms with van der Waals surface area (Å²) < 4.78 is 17.2. The van der Waals surface area contributed by atoms with Crippen molar-refractivity contribution in [1.82, 2.24) is 0 Å². The van der Waals surface area contributed by atoms with E-state index in [1.54, 1.807) is 30.3 Å². The lowest BCUT2D eigenvalue weighted by Gasteiger charge is -2.13. The van der Waals surface area contributed by atoms with Crippen molar-refractivity contribution in [2.45, 2.75) is 33.4 Å². The molecule has 0 fully saturated rings. The predicted octanol–water partition coefficient (Wildman–Crippen LogP) is 6.04. The maximum Gasteiger partial charge on any atom is 0.311 e. The lowest BCUT2D eigenvalue weighted by atomic mass is 10.1. The molecule has 4 aromatic carbocycles. The van der Waals surface area contributed by atoms with Crippen LogP contribution in [0.4, 0.5) is 11.4 Å². The first kappa shape index (κ1) is 27.1. The van der Waals surface area contributed by atoms with Gasteiger partial charge in [-0.3, -0.25) is 20.2 Å². The molecule has 0 atom stereocenters. The monoisotopic (exact) mass is 530 g/mol. The summed E-state index contributed by atoms with van der Waals surface area (Å²) in [5, 5.41) is 32.2. The van der Waals surface area contributed by atoms with E-state index in [2.05, 4.69) is 0 Å². The molecule has 0 bridgehead atoms. The van der Waals surface area contributed by atoms with Gasteiger partial charge in [0.15, 0.2) is 11.5 Å². The molecule has 0 unspecified atom stereocenters. The Kier molecular flexibility index (Phi) is 8.70. The van der Waals surface area contributed by atoms with Crippen LogP contribution in [-0.4, -0.2) is 15.0 Å². The van der Waals surface area contributed by atoms with Crippen LogP contribution in [0, 0.1) is 27.2 Å². The lowest BCUT2D eigenvalue weighted by molar-refractivity contribution is -0.386. The zero-order valence-corrected chi connectivity index (χ0v) is 21.1. The van der Waals surface area contributed by atoms with Crippen LogP contribution in [0.15, 0.2) is 84.9 Å². The second kappa shape index (κ2) is 12.5. The highest BCUT2D eigenvalue weighted by Crippen LogP contribution is 2.31. The third-order valence-electron chi connectivity index (χ3n) is 5.89. The molecule has 0 saturated heterocycles. The largest absolute Gasteiger partial charge is 0.489 e. The standard InChI is InChI=1S/C29H26N2O8/c1-20-13-23(18-39-28-11-7-22(16-32)14-25(28)30(33)34)8-10-27(20)37-19-24-9-12-29(26(15-24)31(35)36)38-17-21-5-3-2-4-6-21/h2-15,32H,16-19H2,1H3. The molecule has 1 N–H and O–H groups in total. The lowest BCUT2D eigenvalue weighted by Crippen LogP contribution is -2.03. The molecular formula is C29H26N2O8. The number of aryl methyl sites for hydroxylation is 1. The normalized spacial score (nSPS) is 10.6. The summed E-state index contributed by atoms with van der Waals surface area (Å²) in [4.78, 5) is 21.9. The Morgan fingerprint density at radius 2 is 1.08 bits per heavy atom. The van der Waals surface area contributed by atoms with Crippen molar-refractivity contribution in [2.75, 3.05) is 0 Å². The van der Waals surface area contributed by atoms with Crippen molar-refractivity contribution in [3.63, 3.8) is 0 Å². The molecule has 0 spiro atoms. The van der Waals surface area contributed by atoms with Crippen molar-refractivity contribution in [1.29, 1.82) is 0 Å². The van der Waals surface area contributed by atoms with E-state index in [1.165, 1.54) is 18.2 Å². The van der Waals surface area contributed by atoms with Crippen LogP contribution >= 0.6 is 0 Å². The number of ether oxygens (including phenoxy) is 3. The number of aliphatic hydroxyl groups is 1. The van der Waals surface area contributed by atoms with Gasteiger partial charge in [-0.2, -0.15) is 0 Å². The van der Waals surface area contributed by atoms with Crippen LogP contribution in [0.5, 0.6) is 17.2 Å². The second-order valence-electron chi connectivity index (χ2n) is 8.73. The van der Waals surface area contributed by atoms with Gasteiger partial charge in [0.1, 0.15) is 25.6 Å². The van der Waals surface area contributed by atoms with E-state index in [1.807, 2.05) is 43.3 Å². The minimum Gasteiger partial charge on any atom is -0.489 e. The van der Waals surface area contributed by atoms with Crippen LogP contribution in [0.3, 0.4) is 0 Å². The minimum atomic E-state index is -0.553. The maximum absolute atomic E-state index is 11.6. The summed E-state index contributed by atoms with van der Waals surface area (Å²) >= 11 is 0. The number of nitro benzene ring substituents is 2. The SMILES string of the molecule is Cc1cc(COc2ccc(CO)cc2[N+](=O)[O-])ccc1OCc1ccc(OCc2ccccc2)c([N+](=O)[O-])c1. The molecule has 200 valence electrons. The molecule has 0 heterocycles. The average molecular weight is 531 g/mol. The zero-order valence-electron chi connectivity index (χ0n) is 21.1. The van der Waals surface area contributed by atoms with Crippen LogP contribution in [0.2, 0.25) is 0 Å². The van der Waals surface area contributed by atoms with E-state index < -0.39 is 9.85 Å². The number of hydrogen-bond acceptors (Lipinski definition) is 8. The van der Waals surface area contributed by atoms with Crippen molar-refractivity contribution in [3.05, 3.63) is 133 Å². The molecule has 10 nitrogen and oxygen atoms in total. The number of aliphatic hydroxyl groups excluding tert-OH is 1. The zero-order chi connectivity index (χ0) is 27.8. The molecule has 0 aromatic heterocycles. The fourth-order valence-electron chi connectivity index (χ4n) is 3.86. The summed E-state index contributed by atoms with van der Waals surface area (Å²) in [6.07, 6.45) is 0. The van der Waals surface area contributed by atoms with E-state index in [9.17, 15) is 25.3 Å². The molecule has 4 rings (SSSR count). The van der Waals surface area contributed by atoms with Crippen LogP contribution < -0.4 is 14.2 Å². The molecule has 0 aliphatic rings.